The lowest BCUT2D eigenvalue weighted by molar-refractivity contribution is 0.890. The summed E-state index contributed by atoms with van der Waals surface area (Å²) < 4.78 is 1.82. The number of aromatic amines is 1. The van der Waals surface area contributed by atoms with Gasteiger partial charge in [-0.1, -0.05) is 29.8 Å². The zero-order chi connectivity index (χ0) is 11.8. The van der Waals surface area contributed by atoms with E-state index in [1.165, 1.54) is 5.56 Å². The van der Waals surface area contributed by atoms with Gasteiger partial charge in [0, 0.05) is 0 Å². The third-order valence-corrected chi connectivity index (χ3v) is 2.90. The lowest BCUT2D eigenvalue weighted by Gasteiger charge is -2.04. The number of fused-ring (bicyclic) bond motifs is 1. The monoisotopic (exact) mass is 224 g/mol. The molecule has 0 radical (unpaired) electrons. The molecule has 84 valence electrons. The molecule has 1 N–H and O–H groups in total. The molecule has 0 saturated heterocycles. The lowest BCUT2D eigenvalue weighted by atomic mass is 10.2. The molecule has 1 aromatic heterocycles. The Hall–Kier alpha value is -2.29. The third-order valence-electron chi connectivity index (χ3n) is 2.90. The quantitative estimate of drug-likeness (QED) is 0.678. The van der Waals surface area contributed by atoms with Crippen LogP contribution in [0.3, 0.4) is 0 Å². The van der Waals surface area contributed by atoms with Crippen LogP contribution in [-0.4, -0.2) is 9.78 Å². The Morgan fingerprint density at radius 3 is 2.47 bits per heavy atom. The molecule has 0 unspecified atom stereocenters. The maximum absolute atomic E-state index is 11.8. The molecule has 0 bridgehead atoms. The fraction of sp³-hybridized carbons (Fsp3) is 0.0714. The SMILES string of the molecule is Cc1ccc(-n2[nH]c(=O)c3ccccc32)cc1. The van der Waals surface area contributed by atoms with E-state index in [9.17, 15) is 4.79 Å². The normalized spacial score (nSPS) is 10.9. The highest BCUT2D eigenvalue weighted by atomic mass is 16.1. The Kier molecular flexibility index (Phi) is 2.11. The summed E-state index contributed by atoms with van der Waals surface area (Å²) in [6.45, 7) is 2.04. The highest BCUT2D eigenvalue weighted by molar-refractivity contribution is 5.79. The standard InChI is InChI=1S/C14H12N2O/c1-10-6-8-11(9-7-10)16-13-5-3-2-4-12(13)14(17)15-16/h2-9H,1H3,(H,15,17). The molecular weight excluding hydrogens is 212 g/mol. The molecular formula is C14H12N2O. The van der Waals surface area contributed by atoms with Crippen LogP contribution in [0.25, 0.3) is 16.6 Å². The summed E-state index contributed by atoms with van der Waals surface area (Å²) in [5.74, 6) is 0. The number of nitrogens with one attached hydrogen (secondary N) is 1. The van der Waals surface area contributed by atoms with Gasteiger partial charge in [0.15, 0.2) is 0 Å². The number of aryl methyl sites for hydroxylation is 1. The first-order chi connectivity index (χ1) is 8.25. The van der Waals surface area contributed by atoms with Crippen LogP contribution >= 0.6 is 0 Å². The minimum Gasteiger partial charge on any atom is -0.267 e. The van der Waals surface area contributed by atoms with E-state index in [0.717, 1.165) is 11.2 Å². The smallest absolute Gasteiger partial charge is 0.267 e. The average molecular weight is 224 g/mol. The van der Waals surface area contributed by atoms with Crippen molar-refractivity contribution in [2.75, 3.05) is 0 Å². The summed E-state index contributed by atoms with van der Waals surface area (Å²) in [6.07, 6.45) is 0. The van der Waals surface area contributed by atoms with Gasteiger partial charge in [-0.15, -0.1) is 0 Å². The second kappa shape index (κ2) is 3.63. The van der Waals surface area contributed by atoms with Crippen LogP contribution in [0.2, 0.25) is 0 Å². The summed E-state index contributed by atoms with van der Waals surface area (Å²) >= 11 is 0. The molecule has 1 heterocycles. The first-order valence-electron chi connectivity index (χ1n) is 5.52. The van der Waals surface area contributed by atoms with Crippen molar-refractivity contribution in [1.29, 1.82) is 0 Å². The first kappa shape index (κ1) is 9.90. The molecule has 3 rings (SSSR count). The molecule has 0 aliphatic heterocycles. The number of rotatable bonds is 1. The van der Waals surface area contributed by atoms with Crippen molar-refractivity contribution < 1.29 is 0 Å². The number of H-pyrrole nitrogens is 1. The van der Waals surface area contributed by atoms with Crippen molar-refractivity contribution in [1.82, 2.24) is 9.78 Å². The van der Waals surface area contributed by atoms with Crippen molar-refractivity contribution >= 4 is 10.9 Å². The molecule has 3 aromatic rings. The molecule has 0 fully saturated rings. The van der Waals surface area contributed by atoms with Gasteiger partial charge in [0.25, 0.3) is 5.56 Å². The van der Waals surface area contributed by atoms with Gasteiger partial charge >= 0.3 is 0 Å². The van der Waals surface area contributed by atoms with Crippen molar-refractivity contribution in [3.63, 3.8) is 0 Å². The van der Waals surface area contributed by atoms with E-state index < -0.39 is 0 Å². The molecule has 0 aliphatic carbocycles. The summed E-state index contributed by atoms with van der Waals surface area (Å²) in [5.41, 5.74) is 3.02. The fourth-order valence-electron chi connectivity index (χ4n) is 1.98. The predicted molar refractivity (Wildman–Crippen MR) is 68.6 cm³/mol. The summed E-state index contributed by atoms with van der Waals surface area (Å²) in [7, 11) is 0. The number of benzene rings is 2. The Balaban J connectivity index is 2.31. The largest absolute Gasteiger partial charge is 0.272 e. The van der Waals surface area contributed by atoms with Crippen molar-refractivity contribution in [3.05, 3.63) is 64.4 Å². The first-order valence-corrected chi connectivity index (χ1v) is 5.52. The Morgan fingerprint density at radius 2 is 1.71 bits per heavy atom. The maximum atomic E-state index is 11.8. The number of hydrogen-bond donors (Lipinski definition) is 1. The van der Waals surface area contributed by atoms with Crippen molar-refractivity contribution in [3.8, 4) is 5.69 Å². The van der Waals surface area contributed by atoms with Crippen LogP contribution in [-0.2, 0) is 0 Å². The van der Waals surface area contributed by atoms with Gasteiger partial charge in [0.05, 0.1) is 16.6 Å². The van der Waals surface area contributed by atoms with E-state index in [2.05, 4.69) is 5.10 Å². The van der Waals surface area contributed by atoms with Gasteiger partial charge in [-0.2, -0.15) is 0 Å². The topological polar surface area (TPSA) is 37.8 Å². The van der Waals surface area contributed by atoms with Gasteiger partial charge in [-0.05, 0) is 31.2 Å². The Labute approximate surface area is 98.3 Å². The molecule has 0 amide bonds. The molecule has 3 nitrogen and oxygen atoms in total. The molecule has 0 atom stereocenters. The maximum Gasteiger partial charge on any atom is 0.272 e. The molecule has 17 heavy (non-hydrogen) atoms. The van der Waals surface area contributed by atoms with Gasteiger partial charge in [0.1, 0.15) is 0 Å². The van der Waals surface area contributed by atoms with E-state index in [4.69, 9.17) is 0 Å². The summed E-state index contributed by atoms with van der Waals surface area (Å²) in [6, 6.07) is 15.6. The van der Waals surface area contributed by atoms with Crippen LogP contribution in [0, 0.1) is 6.92 Å². The molecule has 3 heteroatoms. The Morgan fingerprint density at radius 1 is 1.00 bits per heavy atom. The van der Waals surface area contributed by atoms with Crippen molar-refractivity contribution in [2.45, 2.75) is 6.92 Å². The summed E-state index contributed by atoms with van der Waals surface area (Å²) in [5, 5.41) is 3.57. The minimum atomic E-state index is -0.0545. The third kappa shape index (κ3) is 1.56. The van der Waals surface area contributed by atoms with Crippen LogP contribution in [0.4, 0.5) is 0 Å². The lowest BCUT2D eigenvalue weighted by Crippen LogP contribution is -2.03. The average Bonchev–Trinajstić information content (AvgIpc) is 2.69. The number of hydrogen-bond acceptors (Lipinski definition) is 1. The van der Waals surface area contributed by atoms with E-state index >= 15 is 0 Å². The zero-order valence-electron chi connectivity index (χ0n) is 9.47. The second-order valence-corrected chi connectivity index (χ2v) is 4.13. The molecule has 0 spiro atoms. The fourth-order valence-corrected chi connectivity index (χ4v) is 1.98. The van der Waals surface area contributed by atoms with Crippen LogP contribution in [0.15, 0.2) is 53.3 Å². The van der Waals surface area contributed by atoms with E-state index in [1.807, 2.05) is 60.1 Å². The minimum absolute atomic E-state index is 0.0545. The predicted octanol–water partition coefficient (Wildman–Crippen LogP) is 2.63. The number of nitrogens with zero attached hydrogens (tertiary/aromatic N) is 1. The highest BCUT2D eigenvalue weighted by Gasteiger charge is 2.06. The van der Waals surface area contributed by atoms with Crippen LogP contribution in [0.1, 0.15) is 5.56 Å². The Bertz CT molecular complexity index is 720. The zero-order valence-corrected chi connectivity index (χ0v) is 9.47. The second-order valence-electron chi connectivity index (χ2n) is 4.13. The van der Waals surface area contributed by atoms with Crippen molar-refractivity contribution in [2.24, 2.45) is 0 Å². The van der Waals surface area contributed by atoms with E-state index in [0.29, 0.717) is 5.39 Å². The summed E-state index contributed by atoms with van der Waals surface area (Å²) in [4.78, 5) is 11.8. The molecule has 2 aromatic carbocycles. The van der Waals surface area contributed by atoms with Crippen LogP contribution in [0.5, 0.6) is 0 Å². The van der Waals surface area contributed by atoms with Gasteiger partial charge in [-0.25, -0.2) is 0 Å². The van der Waals surface area contributed by atoms with Gasteiger partial charge < -0.3 is 0 Å². The highest BCUT2D eigenvalue weighted by Crippen LogP contribution is 2.15. The van der Waals surface area contributed by atoms with E-state index in [-0.39, 0.29) is 5.56 Å². The molecule has 0 aliphatic rings. The van der Waals surface area contributed by atoms with E-state index in [1.54, 1.807) is 0 Å². The number of aromatic nitrogens is 2. The van der Waals surface area contributed by atoms with Crippen LogP contribution < -0.4 is 5.56 Å². The number of para-hydroxylation sites is 1. The molecule has 0 saturated carbocycles. The van der Waals surface area contributed by atoms with Gasteiger partial charge in [-0.3, -0.25) is 14.6 Å². The van der Waals surface area contributed by atoms with Gasteiger partial charge in [0.2, 0.25) is 0 Å².